The quantitative estimate of drug-likeness (QED) is 0.156. The van der Waals surface area contributed by atoms with Crippen LogP contribution in [0.25, 0.3) is 11.0 Å². The maximum absolute atomic E-state index is 5.94. The summed E-state index contributed by atoms with van der Waals surface area (Å²) in [7, 11) is 3.95. The third-order valence-corrected chi connectivity index (χ3v) is 11.0. The lowest BCUT2D eigenvalue weighted by Crippen LogP contribution is -2.52. The van der Waals surface area contributed by atoms with Gasteiger partial charge in [0.15, 0.2) is 0 Å². The van der Waals surface area contributed by atoms with E-state index in [0.29, 0.717) is 17.8 Å². The SMILES string of the molecule is CCc1cc(Nc2ncc(Br)c(Nc3ccc4nccnc4c3N(SC)C(C)C)n2)c(OC)cc1N1CCC(N2CCN(C)CC2)CC1. The van der Waals surface area contributed by atoms with E-state index in [9.17, 15) is 0 Å². The number of piperidine rings is 1. The molecule has 2 aromatic heterocycles. The number of nitrogens with zero attached hydrogens (tertiary/aromatic N) is 8. The molecule has 0 spiro atoms. The lowest BCUT2D eigenvalue weighted by atomic mass is 9.99. The number of ether oxygens (including phenoxy) is 1. The molecule has 2 saturated heterocycles. The van der Waals surface area contributed by atoms with Gasteiger partial charge in [0.25, 0.3) is 0 Å². The van der Waals surface area contributed by atoms with E-state index in [2.05, 4.69) is 102 Å². The van der Waals surface area contributed by atoms with Crippen LogP contribution in [0, 0.1) is 0 Å². The zero-order valence-corrected chi connectivity index (χ0v) is 31.2. The number of halogens is 1. The van der Waals surface area contributed by atoms with Crippen LogP contribution >= 0.6 is 27.9 Å². The molecule has 11 nitrogen and oxygen atoms in total. The molecule has 256 valence electrons. The highest BCUT2D eigenvalue weighted by Crippen LogP contribution is 2.40. The van der Waals surface area contributed by atoms with E-state index in [1.807, 2.05) is 12.1 Å². The molecule has 4 heterocycles. The summed E-state index contributed by atoms with van der Waals surface area (Å²) in [5, 5.41) is 7.01. The van der Waals surface area contributed by atoms with Crippen molar-refractivity contribution in [3.63, 3.8) is 0 Å². The van der Waals surface area contributed by atoms with Crippen molar-refractivity contribution in [3.05, 3.63) is 52.9 Å². The Morgan fingerprint density at radius 2 is 1.75 bits per heavy atom. The van der Waals surface area contributed by atoms with Gasteiger partial charge in [-0.25, -0.2) is 4.98 Å². The van der Waals surface area contributed by atoms with Crippen molar-refractivity contribution in [2.24, 2.45) is 0 Å². The van der Waals surface area contributed by atoms with Crippen LogP contribution in [0.15, 0.2) is 47.3 Å². The predicted molar refractivity (Wildman–Crippen MR) is 204 cm³/mol. The number of nitrogens with one attached hydrogen (secondary N) is 2. The van der Waals surface area contributed by atoms with Crippen LogP contribution in [0.2, 0.25) is 0 Å². The minimum absolute atomic E-state index is 0.228. The molecule has 0 radical (unpaired) electrons. The number of aromatic nitrogens is 4. The zero-order valence-electron chi connectivity index (χ0n) is 28.8. The van der Waals surface area contributed by atoms with Crippen LogP contribution in [0.4, 0.5) is 34.5 Å². The monoisotopic (exact) mass is 734 g/mol. The Kier molecular flexibility index (Phi) is 11.1. The van der Waals surface area contributed by atoms with Crippen molar-refractivity contribution in [2.75, 3.05) is 79.5 Å². The molecule has 13 heteroatoms. The smallest absolute Gasteiger partial charge is 0.229 e. The summed E-state index contributed by atoms with van der Waals surface area (Å²) >= 11 is 5.32. The molecule has 0 atom stereocenters. The molecule has 0 amide bonds. The minimum Gasteiger partial charge on any atom is -0.494 e. The van der Waals surface area contributed by atoms with E-state index in [1.165, 1.54) is 50.3 Å². The number of anilines is 6. The molecule has 2 aromatic carbocycles. The first kappa shape index (κ1) is 34.5. The van der Waals surface area contributed by atoms with Crippen LogP contribution < -0.4 is 24.6 Å². The van der Waals surface area contributed by atoms with Gasteiger partial charge in [0.05, 0.1) is 34.2 Å². The highest BCUT2D eigenvalue weighted by molar-refractivity contribution is 9.10. The number of methoxy groups -OCH3 is 1. The summed E-state index contributed by atoms with van der Waals surface area (Å²) in [6.45, 7) is 13.3. The van der Waals surface area contributed by atoms with Crippen LogP contribution in [0.5, 0.6) is 5.75 Å². The maximum Gasteiger partial charge on any atom is 0.229 e. The minimum atomic E-state index is 0.228. The second-order valence-electron chi connectivity index (χ2n) is 12.7. The van der Waals surface area contributed by atoms with Gasteiger partial charge in [0.2, 0.25) is 5.95 Å². The molecule has 0 bridgehead atoms. The average Bonchev–Trinajstić information content (AvgIpc) is 3.10. The third-order valence-electron chi connectivity index (χ3n) is 9.38. The molecule has 2 N–H and O–H groups in total. The first-order chi connectivity index (χ1) is 23.3. The highest BCUT2D eigenvalue weighted by atomic mass is 79.9. The summed E-state index contributed by atoms with van der Waals surface area (Å²) < 4.78 is 8.92. The summed E-state index contributed by atoms with van der Waals surface area (Å²) in [5.74, 6) is 1.87. The largest absolute Gasteiger partial charge is 0.494 e. The molecule has 2 aliphatic rings. The fraction of sp³-hybridized carbons (Fsp3) is 0.486. The number of hydrogen-bond donors (Lipinski definition) is 2. The van der Waals surface area contributed by atoms with Crippen LogP contribution in [-0.4, -0.2) is 102 Å². The summed E-state index contributed by atoms with van der Waals surface area (Å²) in [4.78, 5) is 26.4. The lowest BCUT2D eigenvalue weighted by molar-refractivity contribution is 0.0982. The number of rotatable bonds is 11. The molecule has 6 rings (SSSR count). The molecule has 0 saturated carbocycles. The van der Waals surface area contributed by atoms with E-state index >= 15 is 0 Å². The number of aryl methyl sites for hydroxylation is 1. The maximum atomic E-state index is 5.94. The van der Waals surface area contributed by atoms with Crippen LogP contribution in [0.3, 0.4) is 0 Å². The Morgan fingerprint density at radius 3 is 2.44 bits per heavy atom. The normalized spacial score (nSPS) is 16.5. The number of hydrogen-bond acceptors (Lipinski definition) is 12. The number of likely N-dealkylation sites (N-methyl/N-ethyl adjacent to an activating group) is 1. The van der Waals surface area contributed by atoms with E-state index in [-0.39, 0.29) is 6.04 Å². The van der Waals surface area contributed by atoms with Gasteiger partial charge in [-0.05, 0) is 79.9 Å². The van der Waals surface area contributed by atoms with Gasteiger partial charge in [0.1, 0.15) is 17.1 Å². The zero-order chi connectivity index (χ0) is 33.8. The Labute approximate surface area is 297 Å². The Balaban J connectivity index is 1.23. The Bertz CT molecular complexity index is 1710. The Hall–Kier alpha value is -3.39. The molecular formula is C35H47BrN10OS. The fourth-order valence-corrected chi connectivity index (χ4v) is 7.87. The van der Waals surface area contributed by atoms with Gasteiger partial charge in [-0.3, -0.25) is 14.9 Å². The van der Waals surface area contributed by atoms with Crippen molar-refractivity contribution < 1.29 is 4.74 Å². The summed E-state index contributed by atoms with van der Waals surface area (Å²) in [5.41, 5.74) is 6.88. The second kappa shape index (κ2) is 15.4. The number of fused-ring (bicyclic) bond motifs is 1. The third kappa shape index (κ3) is 7.44. The molecule has 0 unspecified atom stereocenters. The standard InChI is InChI=1S/C35H47BrN10OS/c1-7-24-20-29(31(47-5)21-30(24)45-14-10-25(11-15-45)44-18-16-43(4)17-19-44)41-35-39-22-26(36)34(42-35)40-28-9-8-27-32(38-13-12-37-27)33(28)46(48-6)23(2)3/h8-9,12-13,20-23,25H,7,10-11,14-19H2,1-6H3,(H2,39,40,41,42). The molecule has 0 aliphatic carbocycles. The summed E-state index contributed by atoms with van der Waals surface area (Å²) in [6.07, 6.45) is 10.6. The molecule has 48 heavy (non-hydrogen) atoms. The van der Waals surface area contributed by atoms with Crippen molar-refractivity contribution in [1.29, 1.82) is 0 Å². The van der Waals surface area contributed by atoms with E-state index in [4.69, 9.17) is 14.7 Å². The first-order valence-corrected chi connectivity index (χ1v) is 18.8. The van der Waals surface area contributed by atoms with Gasteiger partial charge >= 0.3 is 0 Å². The summed E-state index contributed by atoms with van der Waals surface area (Å²) in [6, 6.07) is 9.29. The van der Waals surface area contributed by atoms with E-state index in [0.717, 1.165) is 57.8 Å². The van der Waals surface area contributed by atoms with Crippen LogP contribution in [-0.2, 0) is 6.42 Å². The van der Waals surface area contributed by atoms with Gasteiger partial charge in [-0.15, -0.1) is 0 Å². The van der Waals surface area contributed by atoms with Crippen LogP contribution in [0.1, 0.15) is 39.2 Å². The van der Waals surface area contributed by atoms with E-state index < -0.39 is 0 Å². The van der Waals surface area contributed by atoms with Gasteiger partial charge in [-0.2, -0.15) is 4.98 Å². The van der Waals surface area contributed by atoms with Crippen molar-refractivity contribution in [1.82, 2.24) is 29.7 Å². The van der Waals surface area contributed by atoms with Crippen molar-refractivity contribution in [3.8, 4) is 5.75 Å². The van der Waals surface area contributed by atoms with E-state index in [1.54, 1.807) is 37.6 Å². The Morgan fingerprint density at radius 1 is 1.00 bits per heavy atom. The first-order valence-electron chi connectivity index (χ1n) is 16.8. The van der Waals surface area contributed by atoms with Gasteiger partial charge in [-0.1, -0.05) is 18.9 Å². The second-order valence-corrected chi connectivity index (χ2v) is 14.3. The number of benzene rings is 2. The molecule has 4 aromatic rings. The topological polar surface area (TPSA) is 97.8 Å². The van der Waals surface area contributed by atoms with Crippen molar-refractivity contribution in [2.45, 2.75) is 52.1 Å². The molecule has 2 fully saturated rings. The highest BCUT2D eigenvalue weighted by Gasteiger charge is 2.28. The van der Waals surface area contributed by atoms with Gasteiger partial charge < -0.3 is 29.5 Å². The molecule has 2 aliphatic heterocycles. The lowest BCUT2D eigenvalue weighted by Gasteiger charge is -2.43. The van der Waals surface area contributed by atoms with Gasteiger partial charge in [0, 0.05) is 88.0 Å². The number of piperazine rings is 1. The van der Waals surface area contributed by atoms with Crippen molar-refractivity contribution >= 4 is 73.4 Å². The predicted octanol–water partition coefficient (Wildman–Crippen LogP) is 6.95. The fourth-order valence-electron chi connectivity index (χ4n) is 6.79. The average molecular weight is 736 g/mol. The molecular weight excluding hydrogens is 688 g/mol.